The molecule has 1 aromatic heterocycles. The second-order valence-corrected chi connectivity index (χ2v) is 5.88. The van der Waals surface area contributed by atoms with Gasteiger partial charge in [0.1, 0.15) is 10.2 Å². The van der Waals surface area contributed by atoms with Crippen LogP contribution in [0.3, 0.4) is 0 Å². The third-order valence-corrected chi connectivity index (χ3v) is 3.89. The van der Waals surface area contributed by atoms with E-state index in [1.165, 1.54) is 18.2 Å². The van der Waals surface area contributed by atoms with Gasteiger partial charge in [0, 0.05) is 5.56 Å². The zero-order valence-corrected chi connectivity index (χ0v) is 11.2. The molecule has 0 radical (unpaired) electrons. The smallest absolute Gasteiger partial charge is 0.197 e. The van der Waals surface area contributed by atoms with Crippen molar-refractivity contribution in [1.29, 1.82) is 0 Å². The highest BCUT2D eigenvalue weighted by Gasteiger charge is 2.19. The van der Waals surface area contributed by atoms with Crippen LogP contribution in [0, 0.1) is 5.82 Å². The normalized spacial score (nSPS) is 10.6. The second kappa shape index (κ2) is 4.94. The molecule has 0 saturated carbocycles. The predicted molar refractivity (Wildman–Crippen MR) is 69.2 cm³/mol. The summed E-state index contributed by atoms with van der Waals surface area (Å²) in [6, 6.07) is 5.03. The van der Waals surface area contributed by atoms with Crippen LogP contribution in [0.4, 0.5) is 4.39 Å². The molecule has 0 aliphatic heterocycles. The van der Waals surface area contributed by atoms with Crippen LogP contribution in [0.2, 0.25) is 13.7 Å². The molecule has 1 nitrogen and oxygen atoms in total. The summed E-state index contributed by atoms with van der Waals surface area (Å²) in [6.07, 6.45) is 0. The Morgan fingerprint density at radius 1 is 1.12 bits per heavy atom. The van der Waals surface area contributed by atoms with E-state index in [1.54, 1.807) is 0 Å². The van der Waals surface area contributed by atoms with E-state index in [0.717, 1.165) is 17.4 Å². The largest absolute Gasteiger partial charge is 0.288 e. The maximum Gasteiger partial charge on any atom is 0.197 e. The van der Waals surface area contributed by atoms with Crippen LogP contribution < -0.4 is 0 Å². The first-order valence-corrected chi connectivity index (χ1v) is 6.38. The summed E-state index contributed by atoms with van der Waals surface area (Å²) < 4.78 is 13.7. The summed E-state index contributed by atoms with van der Waals surface area (Å²) in [7, 11) is 0. The van der Waals surface area contributed by atoms with E-state index < -0.39 is 11.6 Å². The number of carbonyl (C=O) groups excluding carboxylic acids is 1. The zero-order valence-electron chi connectivity index (χ0n) is 8.14. The topological polar surface area (TPSA) is 17.1 Å². The molecular weight excluding hydrogens is 306 g/mol. The molecular formula is C11H4Cl3FOS. The molecule has 1 heterocycles. The molecule has 2 rings (SSSR count). The Morgan fingerprint density at radius 2 is 1.82 bits per heavy atom. The summed E-state index contributed by atoms with van der Waals surface area (Å²) in [4.78, 5) is 12.1. The number of ketones is 1. The van der Waals surface area contributed by atoms with Crippen LogP contribution in [0.1, 0.15) is 15.9 Å². The molecule has 0 saturated heterocycles. The number of thiophene rings is 1. The van der Waals surface area contributed by atoms with Gasteiger partial charge in [0.25, 0.3) is 0 Å². The maximum absolute atomic E-state index is 13.1. The Bertz CT molecular complexity index is 594. The molecule has 0 aliphatic rings. The molecule has 0 atom stereocenters. The molecule has 0 unspecified atom stereocenters. The average molecular weight is 310 g/mol. The van der Waals surface area contributed by atoms with Crippen molar-refractivity contribution in [3.63, 3.8) is 0 Å². The van der Waals surface area contributed by atoms with Crippen molar-refractivity contribution in [3.05, 3.63) is 54.9 Å². The van der Waals surface area contributed by atoms with Crippen molar-refractivity contribution in [2.45, 2.75) is 0 Å². The lowest BCUT2D eigenvalue weighted by molar-refractivity contribution is 0.103. The number of hydrogen-bond donors (Lipinski definition) is 0. The van der Waals surface area contributed by atoms with Crippen LogP contribution in [0.25, 0.3) is 0 Å². The standard InChI is InChI=1S/C11H4Cl3FOS/c12-8-2-1-5(15)3-6(8)10(16)7-4-9(13)17-11(7)14/h1-4H. The summed E-state index contributed by atoms with van der Waals surface area (Å²) in [5, 5.41) is 0.176. The Hall–Kier alpha value is -0.610. The molecule has 0 N–H and O–H groups in total. The van der Waals surface area contributed by atoms with Crippen LogP contribution in [-0.2, 0) is 0 Å². The highest BCUT2D eigenvalue weighted by atomic mass is 35.5. The van der Waals surface area contributed by atoms with Crippen molar-refractivity contribution < 1.29 is 9.18 Å². The van der Waals surface area contributed by atoms with Gasteiger partial charge < -0.3 is 0 Å². The molecule has 0 amide bonds. The highest BCUT2D eigenvalue weighted by molar-refractivity contribution is 7.20. The lowest BCUT2D eigenvalue weighted by atomic mass is 10.1. The van der Waals surface area contributed by atoms with Crippen molar-refractivity contribution in [3.8, 4) is 0 Å². The van der Waals surface area contributed by atoms with Gasteiger partial charge >= 0.3 is 0 Å². The van der Waals surface area contributed by atoms with E-state index in [2.05, 4.69) is 0 Å². The molecule has 6 heteroatoms. The number of hydrogen-bond acceptors (Lipinski definition) is 2. The van der Waals surface area contributed by atoms with Gasteiger partial charge in [0.2, 0.25) is 0 Å². The third kappa shape index (κ3) is 2.63. The van der Waals surface area contributed by atoms with Crippen LogP contribution in [0.15, 0.2) is 24.3 Å². The molecule has 2 aromatic rings. The second-order valence-electron chi connectivity index (χ2n) is 3.19. The SMILES string of the molecule is O=C(c1cc(F)ccc1Cl)c1cc(Cl)sc1Cl. The molecule has 17 heavy (non-hydrogen) atoms. The molecule has 0 spiro atoms. The van der Waals surface area contributed by atoms with Gasteiger partial charge in [-0.2, -0.15) is 0 Å². The Balaban J connectivity index is 2.50. The maximum atomic E-state index is 13.1. The molecule has 0 aliphatic carbocycles. The van der Waals surface area contributed by atoms with Gasteiger partial charge in [0.05, 0.1) is 14.9 Å². The Morgan fingerprint density at radius 3 is 2.41 bits per heavy atom. The van der Waals surface area contributed by atoms with E-state index in [1.807, 2.05) is 0 Å². The fraction of sp³-hybridized carbons (Fsp3) is 0. The van der Waals surface area contributed by atoms with Crippen LogP contribution in [0.5, 0.6) is 0 Å². The summed E-state index contributed by atoms with van der Waals surface area (Å²) >= 11 is 18.5. The summed E-state index contributed by atoms with van der Waals surface area (Å²) in [5.74, 6) is -0.974. The first-order chi connectivity index (χ1) is 7.99. The fourth-order valence-corrected chi connectivity index (χ4v) is 2.97. The van der Waals surface area contributed by atoms with Crippen molar-refractivity contribution >= 4 is 51.9 Å². The van der Waals surface area contributed by atoms with Gasteiger partial charge in [-0.25, -0.2) is 4.39 Å². The number of halogens is 4. The lowest BCUT2D eigenvalue weighted by Crippen LogP contribution is -2.01. The molecule has 0 fully saturated rings. The molecule has 88 valence electrons. The lowest BCUT2D eigenvalue weighted by Gasteiger charge is -2.02. The summed E-state index contributed by atoms with van der Waals surface area (Å²) in [5.41, 5.74) is 0.303. The zero-order chi connectivity index (χ0) is 12.6. The van der Waals surface area contributed by atoms with E-state index in [4.69, 9.17) is 34.8 Å². The van der Waals surface area contributed by atoms with Gasteiger partial charge in [-0.15, -0.1) is 11.3 Å². The predicted octanol–water partition coefficient (Wildman–Crippen LogP) is 5.08. The third-order valence-electron chi connectivity index (χ3n) is 2.07. The number of rotatable bonds is 2. The van der Waals surface area contributed by atoms with E-state index >= 15 is 0 Å². The minimum absolute atomic E-state index is 0.0723. The van der Waals surface area contributed by atoms with E-state index in [-0.39, 0.29) is 20.5 Å². The van der Waals surface area contributed by atoms with Crippen molar-refractivity contribution in [2.75, 3.05) is 0 Å². The van der Waals surface area contributed by atoms with Crippen molar-refractivity contribution in [1.82, 2.24) is 0 Å². The van der Waals surface area contributed by atoms with Crippen LogP contribution in [-0.4, -0.2) is 5.78 Å². The molecule has 0 bridgehead atoms. The Labute approximate surface area is 116 Å². The van der Waals surface area contributed by atoms with Gasteiger partial charge in [-0.05, 0) is 24.3 Å². The Kier molecular flexibility index (Phi) is 3.73. The monoisotopic (exact) mass is 308 g/mol. The van der Waals surface area contributed by atoms with E-state index in [9.17, 15) is 9.18 Å². The highest BCUT2D eigenvalue weighted by Crippen LogP contribution is 2.33. The van der Waals surface area contributed by atoms with E-state index in [0.29, 0.717) is 4.34 Å². The van der Waals surface area contributed by atoms with Crippen LogP contribution >= 0.6 is 46.1 Å². The van der Waals surface area contributed by atoms with Gasteiger partial charge in [-0.3, -0.25) is 4.79 Å². The number of benzene rings is 1. The number of carbonyl (C=O) groups is 1. The van der Waals surface area contributed by atoms with Gasteiger partial charge in [0.15, 0.2) is 5.78 Å². The first kappa shape index (κ1) is 12.8. The molecule has 1 aromatic carbocycles. The van der Waals surface area contributed by atoms with Crippen molar-refractivity contribution in [2.24, 2.45) is 0 Å². The minimum Gasteiger partial charge on any atom is -0.288 e. The fourth-order valence-electron chi connectivity index (χ4n) is 1.31. The minimum atomic E-state index is -0.532. The summed E-state index contributed by atoms with van der Waals surface area (Å²) in [6.45, 7) is 0. The average Bonchev–Trinajstić information content (AvgIpc) is 2.60. The quantitative estimate of drug-likeness (QED) is 0.707. The first-order valence-electron chi connectivity index (χ1n) is 4.43. The van der Waals surface area contributed by atoms with Gasteiger partial charge in [-0.1, -0.05) is 34.8 Å².